The van der Waals surface area contributed by atoms with Crippen LogP contribution in [0.1, 0.15) is 25.7 Å². The highest BCUT2D eigenvalue weighted by molar-refractivity contribution is 6.81. The van der Waals surface area contributed by atoms with Gasteiger partial charge in [-0.2, -0.15) is 0 Å². The van der Waals surface area contributed by atoms with Gasteiger partial charge in [-0.05, 0) is 17.7 Å². The molecule has 0 aromatic heterocycles. The fourth-order valence-corrected chi connectivity index (χ4v) is 5.38. The van der Waals surface area contributed by atoms with Crippen LogP contribution < -0.4 is 5.19 Å². The molecule has 0 saturated carbocycles. The number of aliphatic carboxylic acids is 2. The quantitative estimate of drug-likeness (QED) is 0.472. The highest BCUT2D eigenvalue weighted by Gasteiger charge is 2.37. The van der Waals surface area contributed by atoms with Gasteiger partial charge >= 0.3 is 20.5 Å². The van der Waals surface area contributed by atoms with E-state index in [4.69, 9.17) is 19.1 Å². The lowest BCUT2D eigenvalue weighted by Crippen LogP contribution is -2.52. The maximum atomic E-state index is 11.1. The second-order valence-corrected chi connectivity index (χ2v) is 8.81. The zero-order valence-corrected chi connectivity index (χ0v) is 14.5. The van der Waals surface area contributed by atoms with Gasteiger partial charge in [-0.15, -0.1) is 0 Å². The van der Waals surface area contributed by atoms with Crippen molar-refractivity contribution in [1.82, 2.24) is 0 Å². The zero-order chi connectivity index (χ0) is 17.3. The van der Waals surface area contributed by atoms with Crippen molar-refractivity contribution < 1.29 is 28.7 Å². The Bertz CT molecular complexity index is 501. The fraction of sp³-hybridized carbons (Fsp3) is 0.500. The SMILES string of the molecule is CO[Si](CCCCC(CC(=O)O)C(=O)O)(OC)c1ccccc1. The van der Waals surface area contributed by atoms with Crippen LogP contribution in [0.2, 0.25) is 6.04 Å². The molecule has 0 fully saturated rings. The molecule has 0 aliphatic rings. The summed E-state index contributed by atoms with van der Waals surface area (Å²) in [5, 5.41) is 18.8. The zero-order valence-electron chi connectivity index (χ0n) is 13.5. The molecule has 2 N–H and O–H groups in total. The van der Waals surface area contributed by atoms with E-state index in [0.717, 1.165) is 11.6 Å². The summed E-state index contributed by atoms with van der Waals surface area (Å²) in [4.78, 5) is 21.7. The summed E-state index contributed by atoms with van der Waals surface area (Å²) in [6, 6.07) is 10.4. The highest BCUT2D eigenvalue weighted by atomic mass is 28.4. The molecular formula is C16H24O6Si. The Balaban J connectivity index is 2.60. The lowest BCUT2D eigenvalue weighted by molar-refractivity contribution is -0.148. The van der Waals surface area contributed by atoms with Crippen molar-refractivity contribution in [2.24, 2.45) is 5.92 Å². The Morgan fingerprint density at radius 1 is 1.09 bits per heavy atom. The predicted molar refractivity (Wildman–Crippen MR) is 87.9 cm³/mol. The number of carbonyl (C=O) groups is 2. The summed E-state index contributed by atoms with van der Waals surface area (Å²) in [6.07, 6.45) is 1.35. The maximum absolute atomic E-state index is 11.1. The third-order valence-corrected chi connectivity index (χ3v) is 7.50. The molecule has 128 valence electrons. The first-order chi connectivity index (χ1) is 10.9. The normalized spacial score (nSPS) is 12.8. The lowest BCUT2D eigenvalue weighted by Gasteiger charge is -2.27. The van der Waals surface area contributed by atoms with Gasteiger partial charge < -0.3 is 19.1 Å². The van der Waals surface area contributed by atoms with Gasteiger partial charge in [0, 0.05) is 14.2 Å². The molecule has 0 heterocycles. The van der Waals surface area contributed by atoms with E-state index in [0.29, 0.717) is 18.9 Å². The van der Waals surface area contributed by atoms with E-state index in [1.54, 1.807) is 14.2 Å². The van der Waals surface area contributed by atoms with Crippen molar-refractivity contribution >= 4 is 25.7 Å². The summed E-state index contributed by atoms with van der Waals surface area (Å²) in [5.41, 5.74) is 0. The van der Waals surface area contributed by atoms with Crippen molar-refractivity contribution in [3.8, 4) is 0 Å². The van der Waals surface area contributed by atoms with Gasteiger partial charge in [-0.1, -0.05) is 43.2 Å². The highest BCUT2D eigenvalue weighted by Crippen LogP contribution is 2.20. The second kappa shape index (κ2) is 9.44. The summed E-state index contributed by atoms with van der Waals surface area (Å²) in [5.74, 6) is -2.98. The first-order valence-corrected chi connectivity index (χ1v) is 9.58. The lowest BCUT2D eigenvalue weighted by atomic mass is 9.99. The van der Waals surface area contributed by atoms with Gasteiger partial charge in [0.05, 0.1) is 12.3 Å². The topological polar surface area (TPSA) is 93.1 Å². The molecule has 23 heavy (non-hydrogen) atoms. The number of unbranched alkanes of at least 4 members (excludes halogenated alkanes) is 1. The van der Waals surface area contributed by atoms with Gasteiger partial charge in [-0.25, -0.2) is 0 Å². The fourth-order valence-electron chi connectivity index (χ4n) is 2.63. The van der Waals surface area contributed by atoms with Crippen LogP contribution in [0.3, 0.4) is 0 Å². The standard InChI is InChI=1S/C16H24O6Si/c1-21-23(22-2,14-9-4-3-5-10-14)11-7-6-8-13(16(19)20)12-15(17)18/h3-5,9-10,13H,6-8,11-12H2,1-2H3,(H,17,18)(H,19,20). The van der Waals surface area contributed by atoms with E-state index in [-0.39, 0.29) is 6.42 Å². The van der Waals surface area contributed by atoms with Crippen molar-refractivity contribution in [2.45, 2.75) is 31.7 Å². The van der Waals surface area contributed by atoms with Gasteiger partial charge in [0.1, 0.15) is 0 Å². The van der Waals surface area contributed by atoms with Crippen LogP contribution in [-0.2, 0) is 18.4 Å². The Morgan fingerprint density at radius 3 is 2.17 bits per heavy atom. The molecule has 0 radical (unpaired) electrons. The minimum absolute atomic E-state index is 0.342. The average molecular weight is 340 g/mol. The van der Waals surface area contributed by atoms with Crippen LogP contribution in [-0.4, -0.2) is 44.9 Å². The summed E-state index contributed by atoms with van der Waals surface area (Å²) in [6.45, 7) is 0. The van der Waals surface area contributed by atoms with E-state index < -0.39 is 26.4 Å². The first-order valence-electron chi connectivity index (χ1n) is 7.55. The van der Waals surface area contributed by atoms with E-state index in [1.807, 2.05) is 30.3 Å². The van der Waals surface area contributed by atoms with Crippen molar-refractivity contribution in [3.63, 3.8) is 0 Å². The van der Waals surface area contributed by atoms with E-state index in [2.05, 4.69) is 0 Å². The average Bonchev–Trinajstić information content (AvgIpc) is 2.54. The second-order valence-electron chi connectivity index (χ2n) is 5.41. The van der Waals surface area contributed by atoms with Crippen molar-refractivity contribution in [3.05, 3.63) is 30.3 Å². The van der Waals surface area contributed by atoms with Crippen LogP contribution in [0.25, 0.3) is 0 Å². The smallest absolute Gasteiger partial charge is 0.371 e. The molecule has 0 aliphatic carbocycles. The number of rotatable bonds is 11. The molecule has 0 bridgehead atoms. The van der Waals surface area contributed by atoms with Crippen LogP contribution in [0, 0.1) is 5.92 Å². The summed E-state index contributed by atoms with van der Waals surface area (Å²) >= 11 is 0. The number of hydrogen-bond acceptors (Lipinski definition) is 4. The van der Waals surface area contributed by atoms with E-state index >= 15 is 0 Å². The van der Waals surface area contributed by atoms with E-state index in [9.17, 15) is 9.59 Å². The molecular weight excluding hydrogens is 316 g/mol. The molecule has 1 unspecified atom stereocenters. The molecule has 1 atom stereocenters. The molecule has 0 aliphatic heterocycles. The molecule has 1 aromatic rings. The molecule has 1 aromatic carbocycles. The Kier molecular flexibility index (Phi) is 7.94. The number of benzene rings is 1. The molecule has 0 amide bonds. The van der Waals surface area contributed by atoms with Gasteiger partial charge in [0.25, 0.3) is 0 Å². The van der Waals surface area contributed by atoms with E-state index in [1.165, 1.54) is 0 Å². The van der Waals surface area contributed by atoms with Gasteiger partial charge in [-0.3, -0.25) is 9.59 Å². The van der Waals surface area contributed by atoms with Crippen LogP contribution in [0.4, 0.5) is 0 Å². The largest absolute Gasteiger partial charge is 0.481 e. The van der Waals surface area contributed by atoms with Gasteiger partial charge in [0.15, 0.2) is 0 Å². The molecule has 6 nitrogen and oxygen atoms in total. The Morgan fingerprint density at radius 2 is 1.70 bits per heavy atom. The third kappa shape index (κ3) is 5.78. The van der Waals surface area contributed by atoms with Crippen LogP contribution >= 0.6 is 0 Å². The molecule has 1 rings (SSSR count). The van der Waals surface area contributed by atoms with Crippen molar-refractivity contribution in [2.75, 3.05) is 14.2 Å². The minimum Gasteiger partial charge on any atom is -0.481 e. The third-order valence-electron chi connectivity index (χ3n) is 3.95. The predicted octanol–water partition coefficient (Wildman–Crippen LogP) is 1.97. The minimum atomic E-state index is -2.51. The maximum Gasteiger partial charge on any atom is 0.371 e. The number of carboxylic acid groups (broad SMARTS) is 2. The Labute approximate surface area is 137 Å². The number of hydrogen-bond donors (Lipinski definition) is 2. The molecule has 7 heteroatoms. The summed E-state index contributed by atoms with van der Waals surface area (Å²) in [7, 11) is 0.750. The van der Waals surface area contributed by atoms with Crippen LogP contribution in [0.15, 0.2) is 30.3 Å². The summed E-state index contributed by atoms with van der Waals surface area (Å²) < 4.78 is 11.4. The van der Waals surface area contributed by atoms with Crippen molar-refractivity contribution in [1.29, 1.82) is 0 Å². The molecule has 0 spiro atoms. The monoisotopic (exact) mass is 340 g/mol. The Hall–Kier alpha value is -1.70. The van der Waals surface area contributed by atoms with Gasteiger partial charge in [0.2, 0.25) is 0 Å². The first kappa shape index (κ1) is 19.3. The molecule has 0 saturated heterocycles. The number of carboxylic acids is 2. The van der Waals surface area contributed by atoms with Crippen LogP contribution in [0.5, 0.6) is 0 Å².